The fourth-order valence-corrected chi connectivity index (χ4v) is 6.46. The molecule has 8 heteroatoms. The number of thiophene rings is 1. The standard InChI is InChI=1S/C19H23ClN2O3S2/c1-14-13-18(15(2)26-14)27(24,25)22-11-9-21(10-12-22)19(23)8-7-16-5-3-4-6-17(16)20/h3-6,13H,7-12H2,1-2H3. The van der Waals surface area contributed by atoms with E-state index in [0.717, 1.165) is 15.3 Å². The number of hydrogen-bond acceptors (Lipinski definition) is 4. The summed E-state index contributed by atoms with van der Waals surface area (Å²) in [6.07, 6.45) is 0.962. The van der Waals surface area contributed by atoms with E-state index in [2.05, 4.69) is 0 Å². The molecule has 27 heavy (non-hydrogen) atoms. The maximum Gasteiger partial charge on any atom is 0.244 e. The minimum Gasteiger partial charge on any atom is -0.340 e. The van der Waals surface area contributed by atoms with Crippen molar-refractivity contribution in [3.05, 3.63) is 50.7 Å². The fourth-order valence-electron chi connectivity index (χ4n) is 3.28. The Bertz CT molecular complexity index is 932. The Labute approximate surface area is 169 Å². The van der Waals surface area contributed by atoms with Crippen LogP contribution in [-0.4, -0.2) is 49.7 Å². The van der Waals surface area contributed by atoms with Gasteiger partial charge >= 0.3 is 0 Å². The zero-order chi connectivity index (χ0) is 19.6. The summed E-state index contributed by atoms with van der Waals surface area (Å²) in [5.41, 5.74) is 0.956. The monoisotopic (exact) mass is 426 g/mol. The van der Waals surface area contributed by atoms with Crippen molar-refractivity contribution < 1.29 is 13.2 Å². The maximum atomic E-state index is 12.9. The molecule has 2 heterocycles. The molecular weight excluding hydrogens is 404 g/mol. The second-order valence-electron chi connectivity index (χ2n) is 6.65. The summed E-state index contributed by atoms with van der Waals surface area (Å²) in [5, 5.41) is 0.669. The van der Waals surface area contributed by atoms with Crippen LogP contribution in [0.25, 0.3) is 0 Å². The summed E-state index contributed by atoms with van der Waals surface area (Å²) >= 11 is 7.63. The Balaban J connectivity index is 1.57. The number of aryl methyl sites for hydroxylation is 3. The topological polar surface area (TPSA) is 57.7 Å². The third-order valence-corrected chi connectivity index (χ3v) is 8.26. The van der Waals surface area contributed by atoms with Gasteiger partial charge in [-0.1, -0.05) is 29.8 Å². The van der Waals surface area contributed by atoms with Gasteiger partial charge in [0.25, 0.3) is 0 Å². The largest absolute Gasteiger partial charge is 0.340 e. The highest BCUT2D eigenvalue weighted by molar-refractivity contribution is 7.89. The number of halogens is 1. The Morgan fingerprint density at radius 2 is 1.81 bits per heavy atom. The van der Waals surface area contributed by atoms with Crippen LogP contribution in [0.5, 0.6) is 0 Å². The number of carbonyl (C=O) groups excluding carboxylic acids is 1. The third kappa shape index (κ3) is 4.54. The van der Waals surface area contributed by atoms with Crippen LogP contribution in [0.2, 0.25) is 5.02 Å². The zero-order valence-electron chi connectivity index (χ0n) is 15.4. The van der Waals surface area contributed by atoms with E-state index >= 15 is 0 Å². The second kappa shape index (κ2) is 8.31. The molecule has 1 saturated heterocycles. The van der Waals surface area contributed by atoms with Gasteiger partial charge in [-0.3, -0.25) is 4.79 Å². The molecule has 0 bridgehead atoms. The van der Waals surface area contributed by atoms with E-state index in [9.17, 15) is 13.2 Å². The Morgan fingerprint density at radius 3 is 2.41 bits per heavy atom. The summed E-state index contributed by atoms with van der Waals surface area (Å²) < 4.78 is 27.2. The molecule has 0 saturated carbocycles. The van der Waals surface area contributed by atoms with E-state index in [1.54, 1.807) is 11.0 Å². The van der Waals surface area contributed by atoms with E-state index in [0.29, 0.717) is 48.9 Å². The molecular formula is C19H23ClN2O3S2. The molecule has 0 aliphatic carbocycles. The number of amides is 1. The van der Waals surface area contributed by atoms with Crippen molar-refractivity contribution in [3.63, 3.8) is 0 Å². The highest BCUT2D eigenvalue weighted by atomic mass is 35.5. The average molecular weight is 427 g/mol. The highest BCUT2D eigenvalue weighted by Gasteiger charge is 2.31. The number of carbonyl (C=O) groups is 1. The van der Waals surface area contributed by atoms with E-state index in [4.69, 9.17) is 11.6 Å². The van der Waals surface area contributed by atoms with Gasteiger partial charge in [0.15, 0.2) is 0 Å². The molecule has 1 aromatic carbocycles. The Kier molecular flexibility index (Phi) is 6.25. The fraction of sp³-hybridized carbons (Fsp3) is 0.421. The SMILES string of the molecule is Cc1cc(S(=O)(=O)N2CCN(C(=O)CCc3ccccc3Cl)CC2)c(C)s1. The van der Waals surface area contributed by atoms with Gasteiger partial charge in [0.2, 0.25) is 15.9 Å². The normalized spacial score (nSPS) is 15.9. The molecule has 0 atom stereocenters. The van der Waals surface area contributed by atoms with Gasteiger partial charge < -0.3 is 4.90 Å². The minimum atomic E-state index is -3.49. The molecule has 5 nitrogen and oxygen atoms in total. The van der Waals surface area contributed by atoms with Gasteiger partial charge in [0.1, 0.15) is 0 Å². The molecule has 1 amide bonds. The molecule has 3 rings (SSSR count). The molecule has 2 aromatic rings. The van der Waals surface area contributed by atoms with Crippen molar-refractivity contribution in [3.8, 4) is 0 Å². The lowest BCUT2D eigenvalue weighted by Crippen LogP contribution is -2.50. The molecule has 1 aliphatic heterocycles. The highest BCUT2D eigenvalue weighted by Crippen LogP contribution is 2.28. The number of nitrogens with zero attached hydrogens (tertiary/aromatic N) is 2. The molecule has 1 aliphatic rings. The summed E-state index contributed by atoms with van der Waals surface area (Å²) in [7, 11) is -3.49. The van der Waals surface area contributed by atoms with Crippen molar-refractivity contribution in [2.24, 2.45) is 0 Å². The smallest absolute Gasteiger partial charge is 0.244 e. The van der Waals surface area contributed by atoms with Crippen molar-refractivity contribution in [2.45, 2.75) is 31.6 Å². The molecule has 0 spiro atoms. The van der Waals surface area contributed by atoms with Gasteiger partial charge in [-0.2, -0.15) is 4.31 Å². The lowest BCUT2D eigenvalue weighted by molar-refractivity contribution is -0.132. The molecule has 1 fully saturated rings. The van der Waals surface area contributed by atoms with E-state index in [-0.39, 0.29) is 5.91 Å². The van der Waals surface area contributed by atoms with Crippen LogP contribution < -0.4 is 0 Å². The zero-order valence-corrected chi connectivity index (χ0v) is 17.8. The van der Waals surface area contributed by atoms with Gasteiger partial charge in [-0.15, -0.1) is 11.3 Å². The number of sulfonamides is 1. The second-order valence-corrected chi connectivity index (χ2v) is 10.4. The van der Waals surface area contributed by atoms with Gasteiger partial charge in [-0.25, -0.2) is 8.42 Å². The lowest BCUT2D eigenvalue weighted by Gasteiger charge is -2.34. The van der Waals surface area contributed by atoms with Crippen LogP contribution in [0.15, 0.2) is 35.2 Å². The number of hydrogen-bond donors (Lipinski definition) is 0. The average Bonchev–Trinajstić information content (AvgIpc) is 3.00. The van der Waals surface area contributed by atoms with Crippen molar-refractivity contribution in [1.29, 1.82) is 0 Å². The molecule has 0 N–H and O–H groups in total. The van der Waals surface area contributed by atoms with E-state index in [1.165, 1.54) is 15.6 Å². The van der Waals surface area contributed by atoms with Crippen LogP contribution in [0, 0.1) is 13.8 Å². The van der Waals surface area contributed by atoms with Crippen LogP contribution in [0.1, 0.15) is 21.7 Å². The van der Waals surface area contributed by atoms with E-state index < -0.39 is 10.0 Å². The first-order valence-electron chi connectivity index (χ1n) is 8.87. The maximum absolute atomic E-state index is 12.9. The van der Waals surface area contributed by atoms with Gasteiger partial charge in [0.05, 0.1) is 4.90 Å². The number of rotatable bonds is 5. The third-order valence-electron chi connectivity index (χ3n) is 4.77. The molecule has 0 radical (unpaired) electrons. The summed E-state index contributed by atoms with van der Waals surface area (Å²) in [5.74, 6) is 0.0366. The summed E-state index contributed by atoms with van der Waals surface area (Å²) in [6.45, 7) is 5.24. The Hall–Kier alpha value is -1.41. The predicted octanol–water partition coefficient (Wildman–Crippen LogP) is 3.48. The quantitative estimate of drug-likeness (QED) is 0.735. The Morgan fingerprint density at radius 1 is 1.15 bits per heavy atom. The summed E-state index contributed by atoms with van der Waals surface area (Å²) in [6, 6.07) is 9.24. The first-order chi connectivity index (χ1) is 12.8. The van der Waals surface area contributed by atoms with Crippen molar-refractivity contribution >= 4 is 38.9 Å². The van der Waals surface area contributed by atoms with Gasteiger partial charge in [-0.05, 0) is 38.0 Å². The first-order valence-corrected chi connectivity index (χ1v) is 11.5. The van der Waals surface area contributed by atoms with Crippen molar-refractivity contribution in [1.82, 2.24) is 9.21 Å². The minimum absolute atomic E-state index is 0.0366. The molecule has 146 valence electrons. The summed E-state index contributed by atoms with van der Waals surface area (Å²) in [4.78, 5) is 16.4. The number of benzene rings is 1. The number of piperazine rings is 1. The van der Waals surface area contributed by atoms with Gasteiger partial charge in [0, 0.05) is 47.4 Å². The van der Waals surface area contributed by atoms with Crippen LogP contribution in [0.4, 0.5) is 0 Å². The van der Waals surface area contributed by atoms with Crippen molar-refractivity contribution in [2.75, 3.05) is 26.2 Å². The van der Waals surface area contributed by atoms with Crippen LogP contribution in [0.3, 0.4) is 0 Å². The predicted molar refractivity (Wildman–Crippen MR) is 109 cm³/mol. The lowest BCUT2D eigenvalue weighted by atomic mass is 10.1. The van der Waals surface area contributed by atoms with E-state index in [1.807, 2.05) is 38.1 Å². The first kappa shape index (κ1) is 20.3. The van der Waals surface area contributed by atoms with Crippen LogP contribution in [-0.2, 0) is 21.2 Å². The molecule has 1 aromatic heterocycles. The molecule has 0 unspecified atom stereocenters. The van der Waals surface area contributed by atoms with Crippen LogP contribution >= 0.6 is 22.9 Å².